The predicted octanol–water partition coefficient (Wildman–Crippen LogP) is 2.49. The molecule has 0 radical (unpaired) electrons. The van der Waals surface area contributed by atoms with E-state index in [1.165, 1.54) is 18.1 Å². The molecule has 0 spiro atoms. The van der Waals surface area contributed by atoms with Crippen molar-refractivity contribution in [2.45, 2.75) is 25.7 Å². The van der Waals surface area contributed by atoms with Crippen LogP contribution in [-0.2, 0) is 10.1 Å². The third kappa shape index (κ3) is 6.54. The van der Waals surface area contributed by atoms with Crippen LogP contribution in [0.3, 0.4) is 0 Å². The molecule has 0 bridgehead atoms. The van der Waals surface area contributed by atoms with Crippen LogP contribution >= 0.6 is 12.6 Å². The van der Waals surface area contributed by atoms with Crippen LogP contribution in [0.1, 0.15) is 18.1 Å². The van der Waals surface area contributed by atoms with Gasteiger partial charge in [-0.2, -0.15) is 8.42 Å². The molecule has 3 nitrogen and oxygen atoms in total. The Morgan fingerprint density at radius 3 is 2.07 bits per heavy atom. The monoisotopic (exact) mass is 248 g/mol. The SMILES string of the molecule is CCS(=O)(=O)O.Cc1cccc(S)c1C. The minimum Gasteiger partial charge on any atom is -0.286 e. The third-order valence-corrected chi connectivity index (χ3v) is 3.15. The maximum absolute atomic E-state index is 9.56. The normalized spacial score (nSPS) is 10.5. The highest BCUT2D eigenvalue weighted by atomic mass is 32.2. The van der Waals surface area contributed by atoms with Crippen LogP contribution in [0.15, 0.2) is 23.1 Å². The van der Waals surface area contributed by atoms with Crippen LogP contribution in [0.25, 0.3) is 0 Å². The van der Waals surface area contributed by atoms with Gasteiger partial charge in [0.25, 0.3) is 10.1 Å². The van der Waals surface area contributed by atoms with E-state index in [-0.39, 0.29) is 5.75 Å². The Labute approximate surface area is 96.7 Å². The summed E-state index contributed by atoms with van der Waals surface area (Å²) in [6, 6.07) is 6.12. The number of rotatable bonds is 1. The van der Waals surface area contributed by atoms with Gasteiger partial charge in [0.05, 0.1) is 5.75 Å². The summed E-state index contributed by atoms with van der Waals surface area (Å²) in [4.78, 5) is 1.08. The number of hydrogen-bond donors (Lipinski definition) is 2. The lowest BCUT2D eigenvalue weighted by Crippen LogP contribution is -1.97. The maximum Gasteiger partial charge on any atom is 0.264 e. The zero-order chi connectivity index (χ0) is 12.1. The van der Waals surface area contributed by atoms with Gasteiger partial charge in [-0.15, -0.1) is 12.6 Å². The number of hydrogen-bond acceptors (Lipinski definition) is 3. The Morgan fingerprint density at radius 2 is 1.80 bits per heavy atom. The Bertz CT molecular complexity index is 390. The van der Waals surface area contributed by atoms with Crippen LogP contribution in [0.2, 0.25) is 0 Å². The molecule has 15 heavy (non-hydrogen) atoms. The summed E-state index contributed by atoms with van der Waals surface area (Å²) in [5, 5.41) is 0. The van der Waals surface area contributed by atoms with Gasteiger partial charge in [0.1, 0.15) is 0 Å². The van der Waals surface area contributed by atoms with Crippen LogP contribution < -0.4 is 0 Å². The quantitative estimate of drug-likeness (QED) is 0.593. The molecule has 5 heteroatoms. The van der Waals surface area contributed by atoms with Crippen LogP contribution in [0.5, 0.6) is 0 Å². The van der Waals surface area contributed by atoms with E-state index in [0.29, 0.717) is 0 Å². The summed E-state index contributed by atoms with van der Waals surface area (Å²) in [5.41, 5.74) is 2.59. The lowest BCUT2D eigenvalue weighted by molar-refractivity contribution is 0.484. The van der Waals surface area contributed by atoms with Crippen molar-refractivity contribution in [1.82, 2.24) is 0 Å². The van der Waals surface area contributed by atoms with E-state index < -0.39 is 10.1 Å². The van der Waals surface area contributed by atoms with E-state index in [2.05, 4.69) is 32.5 Å². The number of thiol groups is 1. The standard InChI is InChI=1S/C8H10S.C2H6O3S/c1-6-4-3-5-8(9)7(6)2;1-2-6(3,4)5/h3-5,9H,1-2H3;2H2,1H3,(H,3,4,5). The van der Waals surface area contributed by atoms with E-state index in [1.807, 2.05) is 12.1 Å². The maximum atomic E-state index is 9.56. The predicted molar refractivity (Wildman–Crippen MR) is 65.3 cm³/mol. The average molecular weight is 248 g/mol. The zero-order valence-corrected chi connectivity index (χ0v) is 10.8. The van der Waals surface area contributed by atoms with Crippen molar-refractivity contribution in [2.24, 2.45) is 0 Å². The topological polar surface area (TPSA) is 54.4 Å². The van der Waals surface area contributed by atoms with Gasteiger partial charge in [-0.05, 0) is 38.0 Å². The smallest absolute Gasteiger partial charge is 0.264 e. The summed E-state index contributed by atoms with van der Waals surface area (Å²) in [6.07, 6.45) is 0. The van der Waals surface area contributed by atoms with E-state index in [9.17, 15) is 8.42 Å². The summed E-state index contributed by atoms with van der Waals surface area (Å²) in [5.74, 6) is -0.201. The van der Waals surface area contributed by atoms with Crippen molar-refractivity contribution in [3.05, 3.63) is 29.3 Å². The molecule has 0 amide bonds. The molecular weight excluding hydrogens is 232 g/mol. The highest BCUT2D eigenvalue weighted by Gasteiger charge is 1.93. The molecule has 0 aliphatic rings. The largest absolute Gasteiger partial charge is 0.286 e. The Balaban J connectivity index is 0.000000288. The van der Waals surface area contributed by atoms with Gasteiger partial charge in [0.15, 0.2) is 0 Å². The molecule has 1 N–H and O–H groups in total. The van der Waals surface area contributed by atoms with Gasteiger partial charge in [-0.25, -0.2) is 0 Å². The Morgan fingerprint density at radius 1 is 1.33 bits per heavy atom. The lowest BCUT2D eigenvalue weighted by atomic mass is 10.1. The van der Waals surface area contributed by atoms with Gasteiger partial charge in [0.2, 0.25) is 0 Å². The molecule has 86 valence electrons. The van der Waals surface area contributed by atoms with E-state index in [0.717, 1.165) is 4.90 Å². The number of aryl methyl sites for hydroxylation is 1. The summed E-state index contributed by atoms with van der Waals surface area (Å²) in [6.45, 7) is 5.54. The molecule has 0 saturated carbocycles. The number of benzene rings is 1. The second-order valence-corrected chi connectivity index (χ2v) is 5.31. The van der Waals surface area contributed by atoms with Gasteiger partial charge >= 0.3 is 0 Å². The fraction of sp³-hybridized carbons (Fsp3) is 0.400. The lowest BCUT2D eigenvalue weighted by Gasteiger charge is -2.00. The zero-order valence-electron chi connectivity index (χ0n) is 9.06. The molecule has 0 unspecified atom stereocenters. The summed E-state index contributed by atoms with van der Waals surface area (Å²) < 4.78 is 26.9. The van der Waals surface area contributed by atoms with E-state index in [1.54, 1.807) is 0 Å². The van der Waals surface area contributed by atoms with E-state index in [4.69, 9.17) is 4.55 Å². The first-order valence-electron chi connectivity index (χ1n) is 4.48. The van der Waals surface area contributed by atoms with Gasteiger partial charge in [0, 0.05) is 4.90 Å². The van der Waals surface area contributed by atoms with E-state index >= 15 is 0 Å². The molecule has 0 saturated heterocycles. The summed E-state index contributed by atoms with van der Waals surface area (Å²) in [7, 11) is -3.66. The van der Waals surface area contributed by atoms with Gasteiger partial charge in [-0.3, -0.25) is 4.55 Å². The molecule has 1 aromatic rings. The first kappa shape index (κ1) is 14.5. The van der Waals surface area contributed by atoms with Crippen molar-refractivity contribution < 1.29 is 13.0 Å². The first-order valence-corrected chi connectivity index (χ1v) is 6.54. The highest BCUT2D eigenvalue weighted by Crippen LogP contribution is 2.15. The first-order chi connectivity index (χ1) is 6.78. The van der Waals surface area contributed by atoms with Gasteiger partial charge < -0.3 is 0 Å². The highest BCUT2D eigenvalue weighted by molar-refractivity contribution is 7.85. The average Bonchev–Trinajstić information content (AvgIpc) is 2.14. The third-order valence-electron chi connectivity index (χ3n) is 1.94. The summed E-state index contributed by atoms with van der Waals surface area (Å²) >= 11 is 4.27. The minimum absolute atomic E-state index is 0.201. The molecule has 1 rings (SSSR count). The molecular formula is C10H16O3S2. The molecule has 0 heterocycles. The molecule has 1 aromatic carbocycles. The van der Waals surface area contributed by atoms with Crippen molar-refractivity contribution in [3.63, 3.8) is 0 Å². The van der Waals surface area contributed by atoms with Crippen LogP contribution in [0, 0.1) is 13.8 Å². The Kier molecular flexibility index (Phi) is 5.93. The molecule has 0 fully saturated rings. The van der Waals surface area contributed by atoms with Crippen molar-refractivity contribution in [2.75, 3.05) is 5.75 Å². The fourth-order valence-electron chi connectivity index (χ4n) is 0.736. The van der Waals surface area contributed by atoms with Crippen molar-refractivity contribution >= 4 is 22.7 Å². The molecule has 0 atom stereocenters. The van der Waals surface area contributed by atoms with Crippen LogP contribution in [-0.4, -0.2) is 18.7 Å². The molecule has 0 aromatic heterocycles. The Hall–Kier alpha value is -0.520. The van der Waals surface area contributed by atoms with Crippen molar-refractivity contribution in [1.29, 1.82) is 0 Å². The fourth-order valence-corrected chi connectivity index (χ4v) is 0.998. The molecule has 0 aliphatic heterocycles. The molecule has 0 aliphatic carbocycles. The second-order valence-electron chi connectivity index (χ2n) is 3.09. The van der Waals surface area contributed by atoms with Gasteiger partial charge in [-0.1, -0.05) is 12.1 Å². The van der Waals surface area contributed by atoms with Crippen molar-refractivity contribution in [3.8, 4) is 0 Å². The van der Waals surface area contributed by atoms with Crippen LogP contribution in [0.4, 0.5) is 0 Å². The minimum atomic E-state index is -3.66. The second kappa shape index (κ2) is 6.15.